The molecule has 0 aliphatic carbocycles. The molecule has 0 atom stereocenters. The molecule has 4 nitrogen and oxygen atoms in total. The molecule has 0 aromatic heterocycles. The minimum absolute atomic E-state index is 0. The summed E-state index contributed by atoms with van der Waals surface area (Å²) in [4.78, 5) is 0. The SMILES string of the molecule is [O-]/N=C(/C(=N/[O-])c1ccc(Cl)cc1)c1ccc(Cl)cc1.[Sn+2].[c]1ccccc1.[c]1ccccc1. The van der Waals surface area contributed by atoms with Crippen LogP contribution in [-0.2, 0) is 0 Å². The molecule has 162 valence electrons. The van der Waals surface area contributed by atoms with E-state index in [2.05, 4.69) is 22.4 Å². The molecule has 4 aromatic rings. The molecule has 33 heavy (non-hydrogen) atoms. The van der Waals surface area contributed by atoms with Crippen molar-refractivity contribution in [1.29, 1.82) is 0 Å². The first-order valence-electron chi connectivity index (χ1n) is 9.40. The molecule has 0 amide bonds. The van der Waals surface area contributed by atoms with Crippen LogP contribution in [0.1, 0.15) is 11.1 Å². The van der Waals surface area contributed by atoms with Crippen molar-refractivity contribution in [2.75, 3.05) is 0 Å². The molecule has 0 unspecified atom stereocenters. The van der Waals surface area contributed by atoms with Crippen molar-refractivity contribution < 1.29 is 0 Å². The second kappa shape index (κ2) is 16.8. The summed E-state index contributed by atoms with van der Waals surface area (Å²) in [5, 5.41) is 29.0. The number of rotatable bonds is 3. The zero-order valence-corrected chi connectivity index (χ0v) is 21.7. The van der Waals surface area contributed by atoms with Gasteiger partial charge < -0.3 is 20.7 Å². The summed E-state index contributed by atoms with van der Waals surface area (Å²) < 4.78 is 0. The molecular weight excluding hydrogens is 562 g/mol. The Morgan fingerprint density at radius 3 is 1.03 bits per heavy atom. The van der Waals surface area contributed by atoms with E-state index < -0.39 is 0 Å². The number of hydrogen-bond acceptors (Lipinski definition) is 4. The van der Waals surface area contributed by atoms with E-state index >= 15 is 0 Å². The molecule has 0 saturated carbocycles. The van der Waals surface area contributed by atoms with E-state index in [1.807, 2.05) is 60.7 Å². The van der Waals surface area contributed by atoms with E-state index in [1.54, 1.807) is 48.5 Å². The first-order chi connectivity index (χ1) is 15.7. The summed E-state index contributed by atoms with van der Waals surface area (Å²) in [6.07, 6.45) is 0. The van der Waals surface area contributed by atoms with Crippen LogP contribution >= 0.6 is 23.2 Å². The molecule has 0 fully saturated rings. The molecule has 0 N–H and O–H groups in total. The number of halogens is 2. The monoisotopic (exact) mass is 580 g/mol. The van der Waals surface area contributed by atoms with Gasteiger partial charge in [0.2, 0.25) is 0 Å². The molecule has 4 radical (unpaired) electrons. The van der Waals surface area contributed by atoms with Gasteiger partial charge in [-0.05, 0) is 36.4 Å². The van der Waals surface area contributed by atoms with Crippen LogP contribution in [0, 0.1) is 22.5 Å². The summed E-state index contributed by atoms with van der Waals surface area (Å²) in [7, 11) is 0. The topological polar surface area (TPSA) is 70.8 Å². The van der Waals surface area contributed by atoms with Gasteiger partial charge in [-0.25, -0.2) is 0 Å². The van der Waals surface area contributed by atoms with Crippen LogP contribution in [0.2, 0.25) is 10.0 Å². The van der Waals surface area contributed by atoms with Crippen LogP contribution in [0.5, 0.6) is 0 Å². The maximum atomic E-state index is 11.1. The van der Waals surface area contributed by atoms with Crippen LogP contribution < -0.4 is 0 Å². The number of benzene rings is 4. The Balaban J connectivity index is 0.000000340. The second-order valence-electron chi connectivity index (χ2n) is 6.05. The molecule has 0 bridgehead atoms. The van der Waals surface area contributed by atoms with Crippen LogP contribution in [0.4, 0.5) is 0 Å². The first-order valence-corrected chi connectivity index (χ1v) is 10.2. The maximum absolute atomic E-state index is 11.1. The molecule has 4 rings (SSSR count). The van der Waals surface area contributed by atoms with Gasteiger partial charge in [-0.15, -0.1) is 0 Å². The minimum atomic E-state index is -0.0426. The van der Waals surface area contributed by atoms with Gasteiger partial charge in [-0.3, -0.25) is 0 Å². The molecule has 0 aliphatic heterocycles. The molecule has 0 heterocycles. The summed E-state index contributed by atoms with van der Waals surface area (Å²) >= 11 is 11.6. The maximum Gasteiger partial charge on any atom is 2.00 e. The van der Waals surface area contributed by atoms with E-state index in [4.69, 9.17) is 23.2 Å². The van der Waals surface area contributed by atoms with Crippen molar-refractivity contribution in [2.45, 2.75) is 0 Å². The van der Waals surface area contributed by atoms with Crippen molar-refractivity contribution in [3.63, 3.8) is 0 Å². The van der Waals surface area contributed by atoms with Gasteiger partial charge >= 0.3 is 23.9 Å². The van der Waals surface area contributed by atoms with E-state index in [9.17, 15) is 10.4 Å². The average Bonchev–Trinajstić information content (AvgIpc) is 2.87. The van der Waals surface area contributed by atoms with Gasteiger partial charge in [0.05, 0.1) is 11.4 Å². The Labute approximate surface area is 220 Å². The summed E-state index contributed by atoms with van der Waals surface area (Å²) in [5.74, 6) is 0. The third-order valence-electron chi connectivity index (χ3n) is 3.86. The third kappa shape index (κ3) is 10.6. The zero-order valence-electron chi connectivity index (χ0n) is 17.4. The predicted molar refractivity (Wildman–Crippen MR) is 139 cm³/mol. The van der Waals surface area contributed by atoms with E-state index in [0.717, 1.165) is 0 Å². The van der Waals surface area contributed by atoms with Gasteiger partial charge in [-0.1, -0.05) is 108 Å². The quantitative estimate of drug-likeness (QED) is 0.151. The van der Waals surface area contributed by atoms with Crippen molar-refractivity contribution >= 4 is 58.5 Å². The summed E-state index contributed by atoms with van der Waals surface area (Å²) in [6.45, 7) is 0. The molecule has 7 heteroatoms. The Morgan fingerprint density at radius 2 is 0.848 bits per heavy atom. The zero-order chi connectivity index (χ0) is 23.0. The Kier molecular flexibility index (Phi) is 14.4. The van der Waals surface area contributed by atoms with Crippen molar-refractivity contribution in [1.82, 2.24) is 0 Å². The molecular formula is C26H18Cl2N2O2Sn. The van der Waals surface area contributed by atoms with E-state index in [1.165, 1.54) is 0 Å². The van der Waals surface area contributed by atoms with Crippen molar-refractivity contribution in [3.05, 3.63) is 153 Å². The largest absolute Gasteiger partial charge is 2.00 e. The Hall–Kier alpha value is -2.80. The van der Waals surface area contributed by atoms with Crippen LogP contribution in [0.3, 0.4) is 0 Å². The summed E-state index contributed by atoms with van der Waals surface area (Å²) in [5.41, 5.74) is 0.848. The normalized spacial score (nSPS) is 10.5. The average molecular weight is 580 g/mol. The second-order valence-corrected chi connectivity index (χ2v) is 6.92. The fourth-order valence-corrected chi connectivity index (χ4v) is 2.62. The first kappa shape index (κ1) is 28.2. The van der Waals surface area contributed by atoms with E-state index in [0.29, 0.717) is 21.2 Å². The van der Waals surface area contributed by atoms with Gasteiger partial charge in [0.1, 0.15) is 0 Å². The number of hydrogen-bond donors (Lipinski definition) is 0. The molecule has 0 spiro atoms. The standard InChI is InChI=1S/C14H10Cl2N2O2.2C6H5.Sn/c15-11-5-1-9(2-6-11)13(17-19)14(18-20)10-3-7-12(16)8-4-10;2*1-2-4-6-5-3-1;/h1-8,19-20H;2*1-5H;/q;;;+2/p-2/b17-13+,18-14+;;;. The smallest absolute Gasteiger partial charge is 0.791 e. The Bertz CT molecular complexity index is 946. The predicted octanol–water partition coefficient (Wildman–Crippen LogP) is 6.86. The molecule has 0 saturated heterocycles. The summed E-state index contributed by atoms with van der Waals surface area (Å²) in [6, 6.07) is 37.8. The van der Waals surface area contributed by atoms with Gasteiger partial charge in [-0.2, -0.15) is 0 Å². The number of nitrogens with zero attached hydrogens (tertiary/aromatic N) is 2. The van der Waals surface area contributed by atoms with Crippen molar-refractivity contribution in [3.8, 4) is 0 Å². The molecule has 0 aliphatic rings. The van der Waals surface area contributed by atoms with Gasteiger partial charge in [0.15, 0.2) is 0 Å². The molecule has 4 aromatic carbocycles. The Morgan fingerprint density at radius 1 is 0.545 bits per heavy atom. The van der Waals surface area contributed by atoms with Gasteiger partial charge in [0, 0.05) is 21.2 Å². The van der Waals surface area contributed by atoms with Crippen LogP contribution in [0.25, 0.3) is 0 Å². The van der Waals surface area contributed by atoms with Crippen LogP contribution in [-0.4, -0.2) is 35.3 Å². The minimum Gasteiger partial charge on any atom is -0.791 e. The fourth-order valence-electron chi connectivity index (χ4n) is 2.36. The van der Waals surface area contributed by atoms with Crippen LogP contribution in [0.15, 0.2) is 120 Å². The fraction of sp³-hybridized carbons (Fsp3) is 0. The third-order valence-corrected chi connectivity index (χ3v) is 4.36. The van der Waals surface area contributed by atoms with Crippen molar-refractivity contribution in [2.24, 2.45) is 10.3 Å². The van der Waals surface area contributed by atoms with E-state index in [-0.39, 0.29) is 35.3 Å². The van der Waals surface area contributed by atoms with Gasteiger partial charge in [0.25, 0.3) is 0 Å².